The van der Waals surface area contributed by atoms with Crippen molar-refractivity contribution in [3.05, 3.63) is 17.0 Å². The lowest BCUT2D eigenvalue weighted by molar-refractivity contribution is -0.141. The zero-order valence-electron chi connectivity index (χ0n) is 13.3. The summed E-state index contributed by atoms with van der Waals surface area (Å²) in [5.41, 5.74) is 4.18. The SMILES string of the molecule is Cc1nn(C2CCOC3(CCC3)C2)c(C)c1CNC1CC1. The Labute approximate surface area is 127 Å². The molecule has 3 fully saturated rings. The van der Waals surface area contributed by atoms with Gasteiger partial charge in [-0.05, 0) is 58.8 Å². The smallest absolute Gasteiger partial charge is 0.0703 e. The number of nitrogens with one attached hydrogen (secondary N) is 1. The van der Waals surface area contributed by atoms with Crippen LogP contribution in [0.3, 0.4) is 0 Å². The molecule has 1 atom stereocenters. The van der Waals surface area contributed by atoms with Gasteiger partial charge in [0.15, 0.2) is 0 Å². The summed E-state index contributed by atoms with van der Waals surface area (Å²) in [4.78, 5) is 0. The molecule has 1 unspecified atom stereocenters. The van der Waals surface area contributed by atoms with E-state index in [1.807, 2.05) is 0 Å². The fraction of sp³-hybridized carbons (Fsp3) is 0.824. The third-order valence-corrected chi connectivity index (χ3v) is 5.70. The average molecular weight is 289 g/mol. The predicted molar refractivity (Wildman–Crippen MR) is 82.4 cm³/mol. The van der Waals surface area contributed by atoms with Gasteiger partial charge in [0.1, 0.15) is 0 Å². The number of nitrogens with zero attached hydrogens (tertiary/aromatic N) is 2. The highest BCUT2D eigenvalue weighted by Gasteiger charge is 2.43. The highest BCUT2D eigenvalue weighted by molar-refractivity contribution is 5.25. The highest BCUT2D eigenvalue weighted by atomic mass is 16.5. The van der Waals surface area contributed by atoms with E-state index in [9.17, 15) is 0 Å². The van der Waals surface area contributed by atoms with Crippen LogP contribution in [-0.4, -0.2) is 28.0 Å². The minimum absolute atomic E-state index is 0.196. The molecule has 1 spiro atoms. The van der Waals surface area contributed by atoms with Crippen LogP contribution in [0.5, 0.6) is 0 Å². The Morgan fingerprint density at radius 2 is 2.10 bits per heavy atom. The van der Waals surface area contributed by atoms with Crippen LogP contribution in [-0.2, 0) is 11.3 Å². The number of aromatic nitrogens is 2. The van der Waals surface area contributed by atoms with Gasteiger partial charge in [0.05, 0.1) is 17.3 Å². The van der Waals surface area contributed by atoms with Gasteiger partial charge in [0, 0.05) is 30.5 Å². The van der Waals surface area contributed by atoms with Crippen LogP contribution in [0, 0.1) is 13.8 Å². The molecular weight excluding hydrogens is 262 g/mol. The molecule has 0 amide bonds. The molecule has 1 saturated heterocycles. The normalized spacial score (nSPS) is 27.8. The monoisotopic (exact) mass is 289 g/mol. The van der Waals surface area contributed by atoms with Gasteiger partial charge in [0.25, 0.3) is 0 Å². The molecular formula is C17H27N3O. The third-order valence-electron chi connectivity index (χ3n) is 5.70. The van der Waals surface area contributed by atoms with E-state index in [0.717, 1.165) is 32.0 Å². The van der Waals surface area contributed by atoms with Crippen LogP contribution in [0.2, 0.25) is 0 Å². The maximum atomic E-state index is 6.06. The molecule has 2 heterocycles. The lowest BCUT2D eigenvalue weighted by Gasteiger charge is -2.47. The lowest BCUT2D eigenvalue weighted by atomic mass is 9.74. The summed E-state index contributed by atoms with van der Waals surface area (Å²) in [5, 5.41) is 8.51. The highest BCUT2D eigenvalue weighted by Crippen LogP contribution is 2.45. The minimum Gasteiger partial charge on any atom is -0.375 e. The summed E-state index contributed by atoms with van der Waals surface area (Å²) in [5.74, 6) is 0. The van der Waals surface area contributed by atoms with Gasteiger partial charge in [-0.2, -0.15) is 5.10 Å². The molecule has 2 aliphatic carbocycles. The maximum Gasteiger partial charge on any atom is 0.0703 e. The first-order valence-corrected chi connectivity index (χ1v) is 8.59. The van der Waals surface area contributed by atoms with Crippen LogP contribution in [0.15, 0.2) is 0 Å². The molecule has 1 aliphatic heterocycles. The molecule has 4 heteroatoms. The van der Waals surface area contributed by atoms with E-state index in [0.29, 0.717) is 6.04 Å². The van der Waals surface area contributed by atoms with Crippen LogP contribution in [0.4, 0.5) is 0 Å². The van der Waals surface area contributed by atoms with E-state index >= 15 is 0 Å². The zero-order chi connectivity index (χ0) is 14.4. The van der Waals surface area contributed by atoms with E-state index in [1.165, 1.54) is 49.1 Å². The van der Waals surface area contributed by atoms with Crippen molar-refractivity contribution < 1.29 is 4.74 Å². The zero-order valence-corrected chi connectivity index (χ0v) is 13.3. The van der Waals surface area contributed by atoms with Gasteiger partial charge in [-0.1, -0.05) is 0 Å². The number of rotatable bonds is 4. The van der Waals surface area contributed by atoms with Crippen molar-refractivity contribution in [1.29, 1.82) is 0 Å². The summed E-state index contributed by atoms with van der Waals surface area (Å²) in [6.07, 6.45) is 8.78. The van der Waals surface area contributed by atoms with Gasteiger partial charge in [-0.3, -0.25) is 4.68 Å². The quantitative estimate of drug-likeness (QED) is 0.926. The first-order valence-electron chi connectivity index (χ1n) is 8.59. The standard InChI is InChI=1S/C17H27N3O/c1-12-16(11-18-14-4-5-14)13(2)20(19-12)15-6-9-21-17(10-15)7-3-8-17/h14-15,18H,3-11H2,1-2H3. The first-order chi connectivity index (χ1) is 10.2. The van der Waals surface area contributed by atoms with Crippen LogP contribution < -0.4 is 5.32 Å². The second kappa shape index (κ2) is 5.10. The van der Waals surface area contributed by atoms with Crippen molar-refractivity contribution in [3.8, 4) is 0 Å². The molecule has 1 aromatic heterocycles. The Morgan fingerprint density at radius 3 is 2.76 bits per heavy atom. The van der Waals surface area contributed by atoms with E-state index in [1.54, 1.807) is 0 Å². The Kier molecular flexibility index (Phi) is 3.34. The van der Waals surface area contributed by atoms with E-state index in [4.69, 9.17) is 9.84 Å². The first kappa shape index (κ1) is 13.8. The minimum atomic E-state index is 0.196. The Balaban J connectivity index is 1.52. The molecule has 21 heavy (non-hydrogen) atoms. The van der Waals surface area contributed by atoms with Crippen molar-refractivity contribution in [2.45, 2.75) is 83.0 Å². The molecule has 3 aliphatic rings. The molecule has 1 N–H and O–H groups in total. The lowest BCUT2D eigenvalue weighted by Crippen LogP contribution is -2.46. The van der Waals surface area contributed by atoms with Gasteiger partial charge in [-0.15, -0.1) is 0 Å². The molecule has 2 saturated carbocycles. The number of hydrogen-bond donors (Lipinski definition) is 1. The largest absolute Gasteiger partial charge is 0.375 e. The predicted octanol–water partition coefficient (Wildman–Crippen LogP) is 3.03. The summed E-state index contributed by atoms with van der Waals surface area (Å²) >= 11 is 0. The van der Waals surface area contributed by atoms with Gasteiger partial charge < -0.3 is 10.1 Å². The van der Waals surface area contributed by atoms with Crippen molar-refractivity contribution in [3.63, 3.8) is 0 Å². The second-order valence-electron chi connectivity index (χ2n) is 7.28. The Morgan fingerprint density at radius 1 is 1.29 bits per heavy atom. The molecule has 4 nitrogen and oxygen atoms in total. The third kappa shape index (κ3) is 2.53. The second-order valence-corrected chi connectivity index (χ2v) is 7.28. The molecule has 4 rings (SSSR count). The molecule has 0 radical (unpaired) electrons. The van der Waals surface area contributed by atoms with Crippen molar-refractivity contribution in [1.82, 2.24) is 15.1 Å². The summed E-state index contributed by atoms with van der Waals surface area (Å²) in [7, 11) is 0. The van der Waals surface area contributed by atoms with Crippen molar-refractivity contribution >= 4 is 0 Å². The van der Waals surface area contributed by atoms with Crippen LogP contribution in [0.25, 0.3) is 0 Å². The fourth-order valence-electron chi connectivity index (χ4n) is 3.97. The van der Waals surface area contributed by atoms with Crippen molar-refractivity contribution in [2.24, 2.45) is 0 Å². The molecule has 116 valence electrons. The van der Waals surface area contributed by atoms with Crippen LogP contribution in [0.1, 0.15) is 67.9 Å². The van der Waals surface area contributed by atoms with Gasteiger partial charge in [-0.25, -0.2) is 0 Å². The number of ether oxygens (including phenoxy) is 1. The summed E-state index contributed by atoms with van der Waals surface area (Å²) < 4.78 is 8.37. The molecule has 0 aromatic carbocycles. The van der Waals surface area contributed by atoms with E-state index in [-0.39, 0.29) is 5.60 Å². The van der Waals surface area contributed by atoms with Gasteiger partial charge in [0.2, 0.25) is 0 Å². The average Bonchev–Trinajstić information content (AvgIpc) is 3.23. The fourth-order valence-corrected chi connectivity index (χ4v) is 3.97. The summed E-state index contributed by atoms with van der Waals surface area (Å²) in [6, 6.07) is 1.29. The number of aryl methyl sites for hydroxylation is 1. The molecule has 1 aromatic rings. The van der Waals surface area contributed by atoms with E-state index < -0.39 is 0 Å². The van der Waals surface area contributed by atoms with Crippen LogP contribution >= 0.6 is 0 Å². The van der Waals surface area contributed by atoms with E-state index in [2.05, 4.69) is 23.8 Å². The maximum absolute atomic E-state index is 6.06. The summed E-state index contributed by atoms with van der Waals surface area (Å²) in [6.45, 7) is 6.29. The Hall–Kier alpha value is -0.870. The Bertz CT molecular complexity index is 528. The van der Waals surface area contributed by atoms with Gasteiger partial charge >= 0.3 is 0 Å². The topological polar surface area (TPSA) is 39.1 Å². The van der Waals surface area contributed by atoms with Crippen molar-refractivity contribution in [2.75, 3.05) is 6.61 Å². The number of hydrogen-bond acceptors (Lipinski definition) is 3. The molecule has 0 bridgehead atoms.